The Morgan fingerprint density at radius 2 is 2.00 bits per heavy atom. The summed E-state index contributed by atoms with van der Waals surface area (Å²) in [5.41, 5.74) is 1.29. The fourth-order valence-corrected chi connectivity index (χ4v) is 1.92. The van der Waals surface area contributed by atoms with Crippen molar-refractivity contribution in [2.45, 2.75) is 0 Å². The summed E-state index contributed by atoms with van der Waals surface area (Å²) in [5, 5.41) is 0. The monoisotopic (exact) mass is 227 g/mol. The molecule has 0 bridgehead atoms. The van der Waals surface area contributed by atoms with Crippen LogP contribution in [0.4, 0.5) is 0 Å². The minimum absolute atomic E-state index is 0.0511. The predicted molar refractivity (Wildman–Crippen MR) is 66.1 cm³/mol. The molecule has 3 nitrogen and oxygen atoms in total. The lowest BCUT2D eigenvalue weighted by molar-refractivity contribution is 0.0664. The first kappa shape index (κ1) is 11.7. The average molecular weight is 227 g/mol. The highest BCUT2D eigenvalue weighted by atomic mass is 16.2. The van der Waals surface area contributed by atoms with E-state index in [-0.39, 0.29) is 5.91 Å². The van der Waals surface area contributed by atoms with E-state index >= 15 is 0 Å². The Labute approximate surface area is 102 Å². The van der Waals surface area contributed by atoms with Gasteiger partial charge in [-0.05, 0) is 31.7 Å². The third kappa shape index (κ3) is 2.66. The smallest absolute Gasteiger partial charge is 0.253 e. The molecule has 1 fully saturated rings. The summed E-state index contributed by atoms with van der Waals surface area (Å²) < 4.78 is 0. The lowest BCUT2D eigenvalue weighted by atomic mass is 10.1. The number of rotatable bonds is 1. The first-order valence-corrected chi connectivity index (χ1v) is 5.71. The zero-order valence-corrected chi connectivity index (χ0v) is 9.94. The first-order chi connectivity index (χ1) is 8.20. The Hall–Kier alpha value is -1.79. The Morgan fingerprint density at radius 3 is 2.65 bits per heavy atom. The van der Waals surface area contributed by atoms with Crippen LogP contribution in [0.2, 0.25) is 0 Å². The highest BCUT2D eigenvalue weighted by molar-refractivity contribution is 5.94. The minimum atomic E-state index is 0.0511. The van der Waals surface area contributed by atoms with Gasteiger partial charge in [0.15, 0.2) is 0 Å². The molecule has 1 aromatic carbocycles. The average Bonchev–Trinajstić information content (AvgIpc) is 2.39. The van der Waals surface area contributed by atoms with Gasteiger partial charge in [0.05, 0.1) is 0 Å². The molecule has 3 heteroatoms. The van der Waals surface area contributed by atoms with Crippen LogP contribution in [0.25, 0.3) is 0 Å². The molecule has 1 aliphatic rings. The quantitative estimate of drug-likeness (QED) is 0.669. The molecule has 1 radical (unpaired) electrons. The second kappa shape index (κ2) is 5.03. The summed E-state index contributed by atoms with van der Waals surface area (Å²) in [7, 11) is 2.06. The van der Waals surface area contributed by atoms with Crippen LogP contribution in [0.5, 0.6) is 0 Å². The van der Waals surface area contributed by atoms with Crippen molar-refractivity contribution in [1.82, 2.24) is 9.80 Å². The molecule has 1 heterocycles. The van der Waals surface area contributed by atoms with Crippen molar-refractivity contribution in [3.63, 3.8) is 0 Å². The number of hydrogen-bond acceptors (Lipinski definition) is 2. The fourth-order valence-electron chi connectivity index (χ4n) is 1.92. The van der Waals surface area contributed by atoms with Gasteiger partial charge >= 0.3 is 0 Å². The van der Waals surface area contributed by atoms with Crippen molar-refractivity contribution in [3.8, 4) is 5.92 Å². The highest BCUT2D eigenvalue weighted by Crippen LogP contribution is 2.10. The molecule has 0 aliphatic carbocycles. The Bertz CT molecular complexity index is 454. The van der Waals surface area contributed by atoms with Crippen LogP contribution in [0.1, 0.15) is 15.9 Å². The maximum Gasteiger partial charge on any atom is 0.253 e. The van der Waals surface area contributed by atoms with Crippen molar-refractivity contribution in [2.75, 3.05) is 33.2 Å². The van der Waals surface area contributed by atoms with Gasteiger partial charge < -0.3 is 9.80 Å². The van der Waals surface area contributed by atoms with E-state index in [9.17, 15) is 4.79 Å². The molecule has 1 aliphatic heterocycles. The number of carbonyl (C=O) groups excluding carboxylic acids is 1. The standard InChI is InChI=1S/C14H15N2O/c1-3-12-5-4-6-13(11-12)14(17)16-9-7-15(2)8-10-16/h4-6,11H,7-10H2,2H3. The fraction of sp³-hybridized carbons (Fsp3) is 0.357. The van der Waals surface area contributed by atoms with E-state index in [2.05, 4.69) is 17.9 Å². The molecular formula is C14H15N2O. The molecule has 17 heavy (non-hydrogen) atoms. The van der Waals surface area contributed by atoms with E-state index in [0.29, 0.717) is 11.1 Å². The van der Waals surface area contributed by atoms with Gasteiger partial charge in [0.2, 0.25) is 0 Å². The van der Waals surface area contributed by atoms with E-state index in [4.69, 9.17) is 6.42 Å². The second-order valence-electron chi connectivity index (χ2n) is 4.30. The highest BCUT2D eigenvalue weighted by Gasteiger charge is 2.20. The normalized spacial score (nSPS) is 16.6. The number of amides is 1. The van der Waals surface area contributed by atoms with Crippen LogP contribution in [-0.2, 0) is 0 Å². The van der Waals surface area contributed by atoms with Gasteiger partial charge in [0, 0.05) is 37.3 Å². The number of nitrogens with zero attached hydrogens (tertiary/aromatic N) is 2. The van der Waals surface area contributed by atoms with Gasteiger partial charge in [0.1, 0.15) is 0 Å². The van der Waals surface area contributed by atoms with Gasteiger partial charge in [-0.3, -0.25) is 4.79 Å². The molecule has 0 atom stereocenters. The van der Waals surface area contributed by atoms with Crippen LogP contribution >= 0.6 is 0 Å². The van der Waals surface area contributed by atoms with Crippen LogP contribution in [0.15, 0.2) is 24.3 Å². The molecule has 0 N–H and O–H groups in total. The van der Waals surface area contributed by atoms with Crippen molar-refractivity contribution in [3.05, 3.63) is 41.8 Å². The number of hydrogen-bond donors (Lipinski definition) is 0. The number of benzene rings is 1. The topological polar surface area (TPSA) is 23.6 Å². The van der Waals surface area contributed by atoms with Crippen LogP contribution in [0.3, 0.4) is 0 Å². The Morgan fingerprint density at radius 1 is 1.29 bits per heavy atom. The summed E-state index contributed by atoms with van der Waals surface area (Å²) in [6.07, 6.45) is 7.07. The van der Waals surface area contributed by atoms with Gasteiger partial charge in [-0.15, -0.1) is 0 Å². The molecule has 1 amide bonds. The summed E-state index contributed by atoms with van der Waals surface area (Å²) in [4.78, 5) is 16.3. The van der Waals surface area contributed by atoms with E-state index in [1.807, 2.05) is 4.90 Å². The largest absolute Gasteiger partial charge is 0.336 e. The summed E-state index contributed by atoms with van der Waals surface area (Å²) in [6, 6.07) is 7.07. The SMILES string of the molecule is [C]#Cc1cccc(C(=O)N2CCN(C)CC2)c1. The van der Waals surface area contributed by atoms with Gasteiger partial charge in [-0.1, -0.05) is 12.0 Å². The number of carbonyl (C=O) groups is 1. The minimum Gasteiger partial charge on any atom is -0.336 e. The summed E-state index contributed by atoms with van der Waals surface area (Å²) in [5.74, 6) is 2.35. The second-order valence-corrected chi connectivity index (χ2v) is 4.30. The van der Waals surface area contributed by atoms with E-state index in [1.165, 1.54) is 0 Å². The summed E-state index contributed by atoms with van der Waals surface area (Å²) >= 11 is 0. The van der Waals surface area contributed by atoms with Crippen LogP contribution in [-0.4, -0.2) is 48.9 Å². The van der Waals surface area contributed by atoms with Gasteiger partial charge in [0.25, 0.3) is 5.91 Å². The lowest BCUT2D eigenvalue weighted by Gasteiger charge is -2.32. The van der Waals surface area contributed by atoms with Crippen LogP contribution in [0, 0.1) is 12.3 Å². The summed E-state index contributed by atoms with van der Waals surface area (Å²) in [6.45, 7) is 3.38. The molecule has 0 aromatic heterocycles. The van der Waals surface area contributed by atoms with E-state index < -0.39 is 0 Å². The predicted octanol–water partition coefficient (Wildman–Crippen LogP) is 1.01. The van der Waals surface area contributed by atoms with Crippen molar-refractivity contribution in [2.24, 2.45) is 0 Å². The molecular weight excluding hydrogens is 212 g/mol. The molecule has 0 spiro atoms. The van der Waals surface area contributed by atoms with Crippen molar-refractivity contribution >= 4 is 5.91 Å². The molecule has 0 unspecified atom stereocenters. The third-order valence-corrected chi connectivity index (χ3v) is 3.04. The molecule has 2 rings (SSSR count). The van der Waals surface area contributed by atoms with Gasteiger partial charge in [-0.25, -0.2) is 0 Å². The molecule has 1 aromatic rings. The zero-order valence-electron chi connectivity index (χ0n) is 9.94. The van der Waals surface area contributed by atoms with Crippen LogP contribution < -0.4 is 0 Å². The maximum absolute atomic E-state index is 12.2. The first-order valence-electron chi connectivity index (χ1n) is 5.71. The molecule has 1 saturated heterocycles. The third-order valence-electron chi connectivity index (χ3n) is 3.04. The Kier molecular flexibility index (Phi) is 3.46. The molecule has 87 valence electrons. The van der Waals surface area contributed by atoms with E-state index in [1.54, 1.807) is 24.3 Å². The molecule has 0 saturated carbocycles. The van der Waals surface area contributed by atoms with Gasteiger partial charge in [-0.2, -0.15) is 0 Å². The zero-order chi connectivity index (χ0) is 12.3. The van der Waals surface area contributed by atoms with E-state index in [0.717, 1.165) is 26.2 Å². The number of piperazine rings is 1. The van der Waals surface area contributed by atoms with Crippen molar-refractivity contribution < 1.29 is 4.79 Å². The Balaban J connectivity index is 2.11. The number of likely N-dealkylation sites (N-methyl/N-ethyl adjacent to an activating group) is 1. The lowest BCUT2D eigenvalue weighted by Crippen LogP contribution is -2.47. The maximum atomic E-state index is 12.2. The van der Waals surface area contributed by atoms with Crippen molar-refractivity contribution in [1.29, 1.82) is 0 Å².